The van der Waals surface area contributed by atoms with Crippen LogP contribution in [0.5, 0.6) is 5.75 Å². The van der Waals surface area contributed by atoms with Crippen LogP contribution in [0.25, 0.3) is 0 Å². The SMILES string of the molecule is C[SiH](C)OC(c1cccc(OCC(C)(C)OCc2ccccc2)c1)C(C)(C)C. The third kappa shape index (κ3) is 7.42. The third-order valence-corrected chi connectivity index (χ3v) is 5.23. The molecule has 0 aliphatic heterocycles. The summed E-state index contributed by atoms with van der Waals surface area (Å²) in [5, 5.41) is 0. The maximum atomic E-state index is 6.35. The zero-order chi connectivity index (χ0) is 20.8. The standard InChI is InChI=1S/C24H36O3Si/c1-23(2,3)22(27-28(6)7)20-14-11-15-21(16-20)25-18-24(4,5)26-17-19-12-9-8-10-13-19/h8-16,22,28H,17-18H2,1-7H3. The lowest BCUT2D eigenvalue weighted by molar-refractivity contribution is -0.0570. The van der Waals surface area contributed by atoms with Crippen LogP contribution in [-0.2, 0) is 15.8 Å². The van der Waals surface area contributed by atoms with Gasteiger partial charge in [0.15, 0.2) is 9.04 Å². The zero-order valence-corrected chi connectivity index (χ0v) is 19.6. The first-order valence-corrected chi connectivity index (χ1v) is 12.9. The molecule has 0 bridgehead atoms. The Labute approximate surface area is 172 Å². The topological polar surface area (TPSA) is 27.7 Å². The summed E-state index contributed by atoms with van der Waals surface area (Å²) in [6.45, 7) is 16.3. The van der Waals surface area contributed by atoms with Gasteiger partial charge in [0.2, 0.25) is 0 Å². The Morgan fingerprint density at radius 2 is 1.57 bits per heavy atom. The molecule has 4 heteroatoms. The van der Waals surface area contributed by atoms with Crippen LogP contribution in [0.15, 0.2) is 54.6 Å². The molecular formula is C24H36O3Si. The highest BCUT2D eigenvalue weighted by molar-refractivity contribution is 6.48. The van der Waals surface area contributed by atoms with Gasteiger partial charge < -0.3 is 13.9 Å². The van der Waals surface area contributed by atoms with Gasteiger partial charge in [-0.05, 0) is 55.6 Å². The normalized spacial score (nSPS) is 13.6. The fraction of sp³-hybridized carbons (Fsp3) is 0.500. The number of ether oxygens (including phenoxy) is 2. The van der Waals surface area contributed by atoms with Gasteiger partial charge in [-0.25, -0.2) is 0 Å². The van der Waals surface area contributed by atoms with Crippen molar-refractivity contribution in [2.75, 3.05) is 6.61 Å². The average molecular weight is 401 g/mol. The van der Waals surface area contributed by atoms with Gasteiger partial charge in [-0.2, -0.15) is 0 Å². The molecule has 0 saturated carbocycles. The lowest BCUT2D eigenvalue weighted by Crippen LogP contribution is -2.32. The number of hydrogen-bond acceptors (Lipinski definition) is 3. The van der Waals surface area contributed by atoms with Crippen molar-refractivity contribution in [3.8, 4) is 5.75 Å². The first-order valence-electron chi connectivity index (χ1n) is 10.1. The van der Waals surface area contributed by atoms with Crippen LogP contribution in [-0.4, -0.2) is 21.2 Å². The molecule has 0 aromatic heterocycles. The molecule has 0 N–H and O–H groups in total. The summed E-state index contributed by atoms with van der Waals surface area (Å²) in [7, 11) is -1.16. The molecule has 0 radical (unpaired) electrons. The minimum Gasteiger partial charge on any atom is -0.491 e. The zero-order valence-electron chi connectivity index (χ0n) is 18.5. The predicted octanol–water partition coefficient (Wildman–Crippen LogP) is 6.15. The van der Waals surface area contributed by atoms with E-state index in [1.807, 2.05) is 30.3 Å². The minimum absolute atomic E-state index is 0.0357. The molecule has 0 spiro atoms. The largest absolute Gasteiger partial charge is 0.491 e. The highest BCUT2D eigenvalue weighted by Gasteiger charge is 2.28. The first kappa shape index (κ1) is 22.7. The van der Waals surface area contributed by atoms with Crippen LogP contribution in [0.4, 0.5) is 0 Å². The summed E-state index contributed by atoms with van der Waals surface area (Å²) in [5.74, 6) is 0.858. The molecule has 0 saturated heterocycles. The van der Waals surface area contributed by atoms with E-state index < -0.39 is 9.04 Å². The molecule has 1 unspecified atom stereocenters. The van der Waals surface area contributed by atoms with E-state index in [0.717, 1.165) is 5.75 Å². The van der Waals surface area contributed by atoms with Gasteiger partial charge in [-0.1, -0.05) is 63.2 Å². The minimum atomic E-state index is -1.16. The van der Waals surface area contributed by atoms with Crippen molar-refractivity contribution < 1.29 is 13.9 Å². The molecule has 2 aromatic carbocycles. The summed E-state index contributed by atoms with van der Waals surface area (Å²) in [4.78, 5) is 0. The van der Waals surface area contributed by atoms with Gasteiger partial charge in [0.05, 0.1) is 18.3 Å². The molecule has 1 atom stereocenters. The Morgan fingerprint density at radius 1 is 0.893 bits per heavy atom. The van der Waals surface area contributed by atoms with E-state index in [0.29, 0.717) is 13.2 Å². The molecule has 0 fully saturated rings. The van der Waals surface area contributed by atoms with E-state index in [9.17, 15) is 0 Å². The molecule has 154 valence electrons. The maximum Gasteiger partial charge on any atom is 0.171 e. The maximum absolute atomic E-state index is 6.35. The van der Waals surface area contributed by atoms with Gasteiger partial charge >= 0.3 is 0 Å². The van der Waals surface area contributed by atoms with E-state index in [4.69, 9.17) is 13.9 Å². The molecule has 2 rings (SSSR count). The van der Waals surface area contributed by atoms with E-state index >= 15 is 0 Å². The van der Waals surface area contributed by atoms with E-state index in [2.05, 4.69) is 72.0 Å². The highest BCUT2D eigenvalue weighted by atomic mass is 28.3. The van der Waals surface area contributed by atoms with Crippen molar-refractivity contribution in [3.63, 3.8) is 0 Å². The van der Waals surface area contributed by atoms with Crippen LogP contribution < -0.4 is 4.74 Å². The number of benzene rings is 2. The molecule has 0 amide bonds. The Morgan fingerprint density at radius 3 is 2.18 bits per heavy atom. The Kier molecular flexibility index (Phi) is 7.87. The average Bonchev–Trinajstić information content (AvgIpc) is 2.63. The van der Waals surface area contributed by atoms with Gasteiger partial charge in [0.25, 0.3) is 0 Å². The van der Waals surface area contributed by atoms with Crippen LogP contribution in [0.2, 0.25) is 13.1 Å². The lowest BCUT2D eigenvalue weighted by atomic mass is 9.85. The van der Waals surface area contributed by atoms with Gasteiger partial charge in [0.1, 0.15) is 12.4 Å². The first-order chi connectivity index (χ1) is 13.1. The summed E-state index contributed by atoms with van der Waals surface area (Å²) >= 11 is 0. The molecular weight excluding hydrogens is 364 g/mol. The fourth-order valence-electron chi connectivity index (χ4n) is 2.97. The Bertz CT molecular complexity index is 720. The lowest BCUT2D eigenvalue weighted by Gasteiger charge is -2.33. The van der Waals surface area contributed by atoms with E-state index in [1.165, 1.54) is 11.1 Å². The van der Waals surface area contributed by atoms with Crippen LogP contribution in [0.3, 0.4) is 0 Å². The number of rotatable bonds is 9. The summed E-state index contributed by atoms with van der Waals surface area (Å²) < 4.78 is 18.5. The van der Waals surface area contributed by atoms with Crippen molar-refractivity contribution in [2.45, 2.75) is 66.0 Å². The Hall–Kier alpha value is -1.62. The molecule has 2 aromatic rings. The van der Waals surface area contributed by atoms with Crippen LogP contribution in [0.1, 0.15) is 51.8 Å². The molecule has 3 nitrogen and oxygen atoms in total. The molecule has 0 aliphatic rings. The van der Waals surface area contributed by atoms with Crippen LogP contribution in [0, 0.1) is 5.41 Å². The number of hydrogen-bond donors (Lipinski definition) is 0. The predicted molar refractivity (Wildman–Crippen MR) is 119 cm³/mol. The van der Waals surface area contributed by atoms with Crippen molar-refractivity contribution in [1.82, 2.24) is 0 Å². The molecule has 0 aliphatic carbocycles. The van der Waals surface area contributed by atoms with Crippen molar-refractivity contribution in [2.24, 2.45) is 5.41 Å². The quantitative estimate of drug-likeness (QED) is 0.473. The second kappa shape index (κ2) is 9.73. The van der Waals surface area contributed by atoms with E-state index in [-0.39, 0.29) is 17.1 Å². The molecule has 0 heterocycles. The van der Waals surface area contributed by atoms with Gasteiger partial charge in [0, 0.05) is 0 Å². The Balaban J connectivity index is 2.01. The third-order valence-electron chi connectivity index (χ3n) is 4.41. The fourth-order valence-corrected chi connectivity index (χ4v) is 4.08. The van der Waals surface area contributed by atoms with Crippen molar-refractivity contribution >= 4 is 9.04 Å². The highest BCUT2D eigenvalue weighted by Crippen LogP contribution is 2.37. The second-order valence-corrected chi connectivity index (χ2v) is 11.7. The second-order valence-electron chi connectivity index (χ2n) is 9.33. The summed E-state index contributed by atoms with van der Waals surface area (Å²) in [6, 6.07) is 18.5. The van der Waals surface area contributed by atoms with Crippen LogP contribution >= 0.6 is 0 Å². The van der Waals surface area contributed by atoms with Gasteiger partial charge in [-0.15, -0.1) is 0 Å². The van der Waals surface area contributed by atoms with Crippen molar-refractivity contribution in [1.29, 1.82) is 0 Å². The van der Waals surface area contributed by atoms with Gasteiger partial charge in [-0.3, -0.25) is 0 Å². The monoisotopic (exact) mass is 400 g/mol. The smallest absolute Gasteiger partial charge is 0.171 e. The van der Waals surface area contributed by atoms with E-state index in [1.54, 1.807) is 0 Å². The summed E-state index contributed by atoms with van der Waals surface area (Å²) in [5.41, 5.74) is 2.00. The van der Waals surface area contributed by atoms with Crippen molar-refractivity contribution in [3.05, 3.63) is 65.7 Å². The molecule has 28 heavy (non-hydrogen) atoms. The summed E-state index contributed by atoms with van der Waals surface area (Å²) in [6.07, 6.45) is 0.0741.